The summed E-state index contributed by atoms with van der Waals surface area (Å²) in [7, 11) is 3.33. The average Bonchev–Trinajstić information content (AvgIpc) is 2.73. The van der Waals surface area contributed by atoms with Crippen molar-refractivity contribution in [3.05, 3.63) is 16.7 Å². The number of imidazole rings is 1. The molecule has 0 aliphatic heterocycles. The van der Waals surface area contributed by atoms with Gasteiger partial charge in [0.2, 0.25) is 5.95 Å². The zero-order valence-corrected chi connectivity index (χ0v) is 11.4. The third kappa shape index (κ3) is 2.83. The molecule has 17 heavy (non-hydrogen) atoms. The molecule has 0 aliphatic rings. The number of fused-ring (bicyclic) bond motifs is 1. The van der Waals surface area contributed by atoms with Crippen LogP contribution in [0, 0.1) is 0 Å². The number of nitrogen functional groups attached to an aromatic ring is 1. The molecule has 2 N–H and O–H groups in total. The van der Waals surface area contributed by atoms with Crippen molar-refractivity contribution in [1.82, 2.24) is 19.1 Å². The number of nitrogens with zero attached hydrogens (tertiary/aromatic N) is 4. The van der Waals surface area contributed by atoms with E-state index in [0.29, 0.717) is 11.2 Å². The molecule has 0 atom stereocenters. The van der Waals surface area contributed by atoms with Gasteiger partial charge in [-0.25, -0.2) is 4.98 Å². The summed E-state index contributed by atoms with van der Waals surface area (Å²) in [5.74, 6) is 0.195. The van der Waals surface area contributed by atoms with Crippen molar-refractivity contribution in [3.8, 4) is 0 Å². The first-order valence-corrected chi connectivity index (χ1v) is 5.75. The Morgan fingerprint density at radius 2 is 1.71 bits per heavy atom. The fraction of sp³-hybridized carbons (Fsp3) is 0.545. The van der Waals surface area contributed by atoms with Crippen LogP contribution in [-0.2, 0) is 14.1 Å². The van der Waals surface area contributed by atoms with Gasteiger partial charge in [0, 0.05) is 14.1 Å². The van der Waals surface area contributed by atoms with Gasteiger partial charge in [-0.2, -0.15) is 4.98 Å². The van der Waals surface area contributed by atoms with E-state index in [9.17, 15) is 4.79 Å². The standard InChI is InChI=1S/C7H9N5O.2C2H6/c1-11-3-9-4-5(11)10-7(8)12(2)6(4)13;2*1-2/h3H,1-2H3,(H2,8,10);2*1-2H3. The van der Waals surface area contributed by atoms with Gasteiger partial charge in [-0.05, 0) is 0 Å². The molecule has 0 spiro atoms. The van der Waals surface area contributed by atoms with Crippen molar-refractivity contribution in [2.24, 2.45) is 14.1 Å². The molecule has 0 saturated heterocycles. The van der Waals surface area contributed by atoms with Crippen molar-refractivity contribution in [1.29, 1.82) is 0 Å². The number of anilines is 1. The summed E-state index contributed by atoms with van der Waals surface area (Å²) < 4.78 is 2.93. The van der Waals surface area contributed by atoms with Crippen molar-refractivity contribution in [2.75, 3.05) is 5.73 Å². The Morgan fingerprint density at radius 3 is 2.24 bits per heavy atom. The van der Waals surface area contributed by atoms with Crippen LogP contribution in [0.3, 0.4) is 0 Å². The lowest BCUT2D eigenvalue weighted by atomic mass is 10.5. The third-order valence-electron chi connectivity index (χ3n) is 1.98. The van der Waals surface area contributed by atoms with Crippen LogP contribution < -0.4 is 11.3 Å². The van der Waals surface area contributed by atoms with Gasteiger partial charge in [0.05, 0.1) is 6.33 Å². The summed E-state index contributed by atoms with van der Waals surface area (Å²) in [4.78, 5) is 19.5. The van der Waals surface area contributed by atoms with Crippen molar-refractivity contribution in [2.45, 2.75) is 27.7 Å². The van der Waals surface area contributed by atoms with Crippen LogP contribution in [0.25, 0.3) is 11.2 Å². The summed E-state index contributed by atoms with van der Waals surface area (Å²) in [5.41, 5.74) is 6.17. The van der Waals surface area contributed by atoms with Gasteiger partial charge in [0.15, 0.2) is 11.2 Å². The quantitative estimate of drug-likeness (QED) is 0.751. The Morgan fingerprint density at radius 1 is 1.18 bits per heavy atom. The average molecular weight is 239 g/mol. The molecule has 2 aromatic heterocycles. The van der Waals surface area contributed by atoms with E-state index < -0.39 is 0 Å². The van der Waals surface area contributed by atoms with Gasteiger partial charge in [-0.3, -0.25) is 9.36 Å². The molecule has 0 saturated carbocycles. The smallest absolute Gasteiger partial charge is 0.282 e. The molecule has 0 bridgehead atoms. The van der Waals surface area contributed by atoms with E-state index in [4.69, 9.17) is 5.73 Å². The fourth-order valence-electron chi connectivity index (χ4n) is 1.15. The van der Waals surface area contributed by atoms with Crippen molar-refractivity contribution < 1.29 is 0 Å². The number of nitrogens with two attached hydrogens (primary N) is 1. The molecule has 96 valence electrons. The normalized spacial score (nSPS) is 9.06. The van der Waals surface area contributed by atoms with E-state index in [1.54, 1.807) is 25.0 Å². The van der Waals surface area contributed by atoms with E-state index in [1.165, 1.54) is 4.57 Å². The minimum Gasteiger partial charge on any atom is -0.369 e. The molecular formula is C11H21N5O. The Bertz CT molecular complexity index is 526. The van der Waals surface area contributed by atoms with Gasteiger partial charge in [0.1, 0.15) is 0 Å². The number of aromatic nitrogens is 4. The van der Waals surface area contributed by atoms with E-state index in [-0.39, 0.29) is 11.5 Å². The van der Waals surface area contributed by atoms with E-state index in [1.807, 2.05) is 27.7 Å². The lowest BCUT2D eigenvalue weighted by molar-refractivity contribution is 0.849. The molecule has 0 aromatic carbocycles. The molecule has 0 radical (unpaired) electrons. The number of hydrogen-bond acceptors (Lipinski definition) is 4. The molecule has 6 nitrogen and oxygen atoms in total. The fourth-order valence-corrected chi connectivity index (χ4v) is 1.15. The molecule has 0 fully saturated rings. The van der Waals surface area contributed by atoms with Crippen LogP contribution in [0.2, 0.25) is 0 Å². The van der Waals surface area contributed by atoms with Crippen LogP contribution in [0.4, 0.5) is 5.95 Å². The summed E-state index contributed by atoms with van der Waals surface area (Å²) >= 11 is 0. The second-order valence-electron chi connectivity index (χ2n) is 2.86. The minimum atomic E-state index is -0.219. The summed E-state index contributed by atoms with van der Waals surface area (Å²) in [6.07, 6.45) is 1.54. The van der Waals surface area contributed by atoms with Crippen LogP contribution in [0.15, 0.2) is 11.1 Å². The monoisotopic (exact) mass is 239 g/mol. The number of aryl methyl sites for hydroxylation is 1. The Kier molecular flexibility index (Phi) is 5.95. The number of hydrogen-bond donors (Lipinski definition) is 1. The number of rotatable bonds is 0. The molecular weight excluding hydrogens is 218 g/mol. The largest absolute Gasteiger partial charge is 0.369 e. The summed E-state index contributed by atoms with van der Waals surface area (Å²) in [6, 6.07) is 0. The topological polar surface area (TPSA) is 78.7 Å². The van der Waals surface area contributed by atoms with Crippen LogP contribution >= 0.6 is 0 Å². The second-order valence-corrected chi connectivity index (χ2v) is 2.86. The summed E-state index contributed by atoms with van der Waals surface area (Å²) in [6.45, 7) is 8.00. The lowest BCUT2D eigenvalue weighted by Gasteiger charge is -2.01. The van der Waals surface area contributed by atoms with Crippen LogP contribution in [0.1, 0.15) is 27.7 Å². The minimum absolute atomic E-state index is 0.195. The SMILES string of the molecule is CC.CC.Cn1c(N)nc2c(ncn2C)c1=O. The Hall–Kier alpha value is -1.85. The van der Waals surface area contributed by atoms with E-state index in [2.05, 4.69) is 9.97 Å². The first-order chi connectivity index (χ1) is 8.11. The first kappa shape index (κ1) is 15.2. The van der Waals surface area contributed by atoms with Crippen molar-refractivity contribution >= 4 is 17.1 Å². The predicted molar refractivity (Wildman–Crippen MR) is 70.9 cm³/mol. The highest BCUT2D eigenvalue weighted by atomic mass is 16.1. The van der Waals surface area contributed by atoms with Crippen molar-refractivity contribution in [3.63, 3.8) is 0 Å². The maximum atomic E-state index is 11.5. The van der Waals surface area contributed by atoms with Gasteiger partial charge in [0.25, 0.3) is 5.56 Å². The van der Waals surface area contributed by atoms with Crippen LogP contribution in [0.5, 0.6) is 0 Å². The third-order valence-corrected chi connectivity index (χ3v) is 1.98. The maximum absolute atomic E-state index is 11.5. The Labute approximate surface area is 101 Å². The highest BCUT2D eigenvalue weighted by Gasteiger charge is 2.08. The Balaban J connectivity index is 0.000000581. The predicted octanol–water partition coefficient (Wildman–Crippen LogP) is 1.30. The lowest BCUT2D eigenvalue weighted by Crippen LogP contribution is -2.21. The zero-order chi connectivity index (χ0) is 13.6. The zero-order valence-electron chi connectivity index (χ0n) is 11.4. The highest BCUT2D eigenvalue weighted by molar-refractivity contribution is 5.70. The molecule has 0 unspecified atom stereocenters. The molecule has 2 heterocycles. The van der Waals surface area contributed by atoms with Gasteiger partial charge < -0.3 is 10.3 Å². The maximum Gasteiger partial charge on any atom is 0.282 e. The van der Waals surface area contributed by atoms with Crippen LogP contribution in [-0.4, -0.2) is 19.1 Å². The molecule has 0 amide bonds. The first-order valence-electron chi connectivity index (χ1n) is 5.75. The second kappa shape index (κ2) is 6.67. The van der Waals surface area contributed by atoms with E-state index in [0.717, 1.165) is 0 Å². The van der Waals surface area contributed by atoms with Gasteiger partial charge in [-0.1, -0.05) is 27.7 Å². The molecule has 2 rings (SSSR count). The summed E-state index contributed by atoms with van der Waals surface area (Å²) in [5, 5.41) is 0. The molecule has 6 heteroatoms. The molecule has 2 aromatic rings. The van der Waals surface area contributed by atoms with E-state index >= 15 is 0 Å². The highest BCUT2D eigenvalue weighted by Crippen LogP contribution is 2.04. The molecule has 0 aliphatic carbocycles. The van der Waals surface area contributed by atoms with Gasteiger partial charge >= 0.3 is 0 Å². The van der Waals surface area contributed by atoms with Gasteiger partial charge in [-0.15, -0.1) is 0 Å².